The maximum atomic E-state index is 4.48. The van der Waals surface area contributed by atoms with Crippen LogP contribution in [0.2, 0.25) is 0 Å². The van der Waals surface area contributed by atoms with E-state index in [9.17, 15) is 0 Å². The summed E-state index contributed by atoms with van der Waals surface area (Å²) in [7, 11) is 0. The molecule has 0 bridgehead atoms. The standard InChI is InChI=1S/C11H19N5/c1-3-9(2)13-10-8-12-15-11(14-10)16-6-4-5-7-16/h8-9H,3-7H2,1-2H3,(H,13,14,15). The number of hydrogen-bond donors (Lipinski definition) is 1. The average Bonchev–Trinajstić information content (AvgIpc) is 2.83. The van der Waals surface area contributed by atoms with E-state index in [0.29, 0.717) is 6.04 Å². The van der Waals surface area contributed by atoms with Crippen molar-refractivity contribution >= 4 is 11.8 Å². The summed E-state index contributed by atoms with van der Waals surface area (Å²) in [5, 5.41) is 11.4. The van der Waals surface area contributed by atoms with Crippen LogP contribution >= 0.6 is 0 Å². The maximum absolute atomic E-state index is 4.48. The minimum absolute atomic E-state index is 0.420. The van der Waals surface area contributed by atoms with Gasteiger partial charge in [-0.2, -0.15) is 10.1 Å². The predicted octanol–water partition coefficient (Wildman–Crippen LogP) is 1.68. The molecular weight excluding hydrogens is 202 g/mol. The first-order valence-electron chi connectivity index (χ1n) is 6.01. The van der Waals surface area contributed by atoms with E-state index in [1.54, 1.807) is 6.20 Å². The smallest absolute Gasteiger partial charge is 0.247 e. The highest BCUT2D eigenvalue weighted by atomic mass is 15.3. The van der Waals surface area contributed by atoms with E-state index >= 15 is 0 Å². The zero-order valence-electron chi connectivity index (χ0n) is 9.98. The fourth-order valence-electron chi connectivity index (χ4n) is 1.77. The molecule has 1 aliphatic rings. The van der Waals surface area contributed by atoms with Crippen LogP contribution in [0.1, 0.15) is 33.1 Å². The van der Waals surface area contributed by atoms with Gasteiger partial charge in [0.05, 0.1) is 6.20 Å². The van der Waals surface area contributed by atoms with Crippen molar-refractivity contribution in [3.05, 3.63) is 6.20 Å². The van der Waals surface area contributed by atoms with Crippen molar-refractivity contribution in [2.75, 3.05) is 23.3 Å². The number of anilines is 2. The Labute approximate surface area is 96.3 Å². The van der Waals surface area contributed by atoms with Crippen LogP contribution in [0, 0.1) is 0 Å². The Hall–Kier alpha value is -1.39. The van der Waals surface area contributed by atoms with E-state index in [4.69, 9.17) is 0 Å². The lowest BCUT2D eigenvalue weighted by Gasteiger charge is -2.16. The summed E-state index contributed by atoms with van der Waals surface area (Å²) in [6, 6.07) is 0.420. The van der Waals surface area contributed by atoms with Gasteiger partial charge in [0.25, 0.3) is 0 Å². The molecule has 5 nitrogen and oxygen atoms in total. The summed E-state index contributed by atoms with van der Waals surface area (Å²) in [5.74, 6) is 1.58. The average molecular weight is 221 g/mol. The molecule has 1 aromatic heterocycles. The monoisotopic (exact) mass is 221 g/mol. The molecule has 1 aromatic rings. The van der Waals surface area contributed by atoms with E-state index < -0.39 is 0 Å². The highest BCUT2D eigenvalue weighted by Gasteiger charge is 2.15. The van der Waals surface area contributed by atoms with Crippen molar-refractivity contribution in [3.63, 3.8) is 0 Å². The lowest BCUT2D eigenvalue weighted by atomic mass is 10.3. The van der Waals surface area contributed by atoms with Crippen molar-refractivity contribution < 1.29 is 0 Å². The van der Waals surface area contributed by atoms with Gasteiger partial charge in [-0.25, -0.2) is 0 Å². The van der Waals surface area contributed by atoms with Gasteiger partial charge in [0, 0.05) is 19.1 Å². The topological polar surface area (TPSA) is 53.9 Å². The van der Waals surface area contributed by atoms with Crippen LogP contribution in [-0.4, -0.2) is 34.3 Å². The predicted molar refractivity (Wildman–Crippen MR) is 64.6 cm³/mol. The van der Waals surface area contributed by atoms with Crippen molar-refractivity contribution in [2.24, 2.45) is 0 Å². The lowest BCUT2D eigenvalue weighted by molar-refractivity contribution is 0.752. The van der Waals surface area contributed by atoms with Gasteiger partial charge in [-0.05, 0) is 26.2 Å². The summed E-state index contributed by atoms with van der Waals surface area (Å²) in [6.07, 6.45) is 5.22. The molecule has 0 saturated carbocycles. The highest BCUT2D eigenvalue weighted by Crippen LogP contribution is 2.16. The number of rotatable bonds is 4. The molecule has 1 unspecified atom stereocenters. The number of nitrogens with one attached hydrogen (secondary N) is 1. The summed E-state index contributed by atoms with van der Waals surface area (Å²) in [5.41, 5.74) is 0. The summed E-state index contributed by atoms with van der Waals surface area (Å²) in [6.45, 7) is 6.38. The van der Waals surface area contributed by atoms with Gasteiger partial charge in [0.1, 0.15) is 0 Å². The molecule has 1 saturated heterocycles. The van der Waals surface area contributed by atoms with E-state index in [1.165, 1.54) is 12.8 Å². The first-order chi connectivity index (χ1) is 7.79. The Balaban J connectivity index is 2.06. The third-order valence-electron chi connectivity index (χ3n) is 2.94. The normalized spacial score (nSPS) is 17.5. The molecule has 0 aliphatic carbocycles. The van der Waals surface area contributed by atoms with Gasteiger partial charge in [-0.3, -0.25) is 0 Å². The van der Waals surface area contributed by atoms with E-state index in [0.717, 1.165) is 31.3 Å². The van der Waals surface area contributed by atoms with E-state index in [1.807, 2.05) is 0 Å². The second-order valence-electron chi connectivity index (χ2n) is 4.29. The number of hydrogen-bond acceptors (Lipinski definition) is 5. The van der Waals surface area contributed by atoms with Crippen LogP contribution < -0.4 is 10.2 Å². The molecule has 0 aromatic carbocycles. The van der Waals surface area contributed by atoms with Gasteiger partial charge in [-0.1, -0.05) is 6.92 Å². The molecule has 1 fully saturated rings. The molecule has 88 valence electrons. The first-order valence-corrected chi connectivity index (χ1v) is 6.01. The van der Waals surface area contributed by atoms with E-state index in [-0.39, 0.29) is 0 Å². The summed E-state index contributed by atoms with van der Waals surface area (Å²) >= 11 is 0. The Kier molecular flexibility index (Phi) is 3.54. The zero-order chi connectivity index (χ0) is 11.4. The van der Waals surface area contributed by atoms with Crippen LogP contribution in [0.4, 0.5) is 11.8 Å². The van der Waals surface area contributed by atoms with Crippen LogP contribution in [0.25, 0.3) is 0 Å². The molecule has 1 aliphatic heterocycles. The zero-order valence-corrected chi connectivity index (χ0v) is 9.98. The SMILES string of the molecule is CCC(C)Nc1cnnc(N2CCCC2)n1. The van der Waals surface area contributed by atoms with Gasteiger partial charge in [0.15, 0.2) is 5.82 Å². The molecule has 0 radical (unpaired) electrons. The number of aromatic nitrogens is 3. The van der Waals surface area contributed by atoms with Crippen molar-refractivity contribution in [2.45, 2.75) is 39.2 Å². The Bertz CT molecular complexity index is 335. The fourth-order valence-corrected chi connectivity index (χ4v) is 1.77. The lowest BCUT2D eigenvalue weighted by Crippen LogP contribution is -2.22. The van der Waals surface area contributed by atoms with Crippen LogP contribution in [0.15, 0.2) is 6.20 Å². The third kappa shape index (κ3) is 2.59. The maximum Gasteiger partial charge on any atom is 0.247 e. The molecular formula is C11H19N5. The minimum Gasteiger partial charge on any atom is -0.366 e. The molecule has 0 spiro atoms. The van der Waals surface area contributed by atoms with Crippen LogP contribution in [0.3, 0.4) is 0 Å². The molecule has 0 amide bonds. The second-order valence-corrected chi connectivity index (χ2v) is 4.29. The molecule has 1 N–H and O–H groups in total. The van der Waals surface area contributed by atoms with Crippen LogP contribution in [0.5, 0.6) is 0 Å². The van der Waals surface area contributed by atoms with Gasteiger partial charge in [0.2, 0.25) is 5.95 Å². The quantitative estimate of drug-likeness (QED) is 0.838. The van der Waals surface area contributed by atoms with E-state index in [2.05, 4.69) is 39.2 Å². The van der Waals surface area contributed by atoms with Crippen molar-refractivity contribution in [1.82, 2.24) is 15.2 Å². The molecule has 1 atom stereocenters. The Morgan fingerprint density at radius 3 is 2.88 bits per heavy atom. The third-order valence-corrected chi connectivity index (χ3v) is 2.94. The molecule has 5 heteroatoms. The van der Waals surface area contributed by atoms with Crippen molar-refractivity contribution in [1.29, 1.82) is 0 Å². The molecule has 2 rings (SSSR count). The van der Waals surface area contributed by atoms with Gasteiger partial charge < -0.3 is 10.2 Å². The summed E-state index contributed by atoms with van der Waals surface area (Å²) in [4.78, 5) is 6.67. The number of nitrogens with zero attached hydrogens (tertiary/aromatic N) is 4. The van der Waals surface area contributed by atoms with Crippen molar-refractivity contribution in [3.8, 4) is 0 Å². The van der Waals surface area contributed by atoms with Gasteiger partial charge in [-0.15, -0.1) is 5.10 Å². The van der Waals surface area contributed by atoms with Crippen LogP contribution in [-0.2, 0) is 0 Å². The first kappa shape index (κ1) is 11.1. The molecule has 16 heavy (non-hydrogen) atoms. The Morgan fingerprint density at radius 2 is 2.19 bits per heavy atom. The second kappa shape index (κ2) is 5.09. The highest BCUT2D eigenvalue weighted by molar-refractivity contribution is 5.39. The molecule has 2 heterocycles. The minimum atomic E-state index is 0.420. The van der Waals surface area contributed by atoms with Gasteiger partial charge >= 0.3 is 0 Å². The summed E-state index contributed by atoms with van der Waals surface area (Å²) < 4.78 is 0. The Morgan fingerprint density at radius 1 is 1.44 bits per heavy atom. The largest absolute Gasteiger partial charge is 0.366 e. The fraction of sp³-hybridized carbons (Fsp3) is 0.727.